The average molecular weight is 623 g/mol. The van der Waals surface area contributed by atoms with E-state index in [2.05, 4.69) is 5.32 Å². The Kier molecular flexibility index (Phi) is 8.14. The predicted molar refractivity (Wildman–Crippen MR) is 181 cm³/mol. The van der Waals surface area contributed by atoms with Gasteiger partial charge in [0.05, 0.1) is 18.4 Å². The van der Waals surface area contributed by atoms with E-state index >= 15 is 0 Å². The number of nitrogens with one attached hydrogen (secondary N) is 1. The second kappa shape index (κ2) is 12.7. The number of amides is 2. The van der Waals surface area contributed by atoms with Gasteiger partial charge in [0.2, 0.25) is 11.8 Å². The quantitative estimate of drug-likeness (QED) is 0.138. The zero-order chi connectivity index (χ0) is 32.4. The van der Waals surface area contributed by atoms with Crippen LogP contribution in [0.2, 0.25) is 0 Å². The third-order valence-electron chi connectivity index (χ3n) is 9.31. The van der Waals surface area contributed by atoms with Crippen molar-refractivity contribution in [1.82, 2.24) is 10.2 Å². The number of rotatable bonds is 10. The van der Waals surface area contributed by atoms with Crippen LogP contribution in [0.3, 0.4) is 0 Å². The summed E-state index contributed by atoms with van der Waals surface area (Å²) in [7, 11) is 0. The molecule has 2 amide bonds. The molecule has 4 atom stereocenters. The fraction of sp³-hybridized carbons (Fsp3) is 0.175. The van der Waals surface area contributed by atoms with Crippen molar-refractivity contribution in [2.24, 2.45) is 11.8 Å². The zero-order valence-corrected chi connectivity index (χ0v) is 25.7. The molecule has 2 heterocycles. The van der Waals surface area contributed by atoms with Crippen LogP contribution in [0.5, 0.6) is 5.75 Å². The molecular formula is C40H34N2O5. The monoisotopic (exact) mass is 622 g/mol. The summed E-state index contributed by atoms with van der Waals surface area (Å²) in [6, 6.07) is 39.9. The number of carboxylic acid groups (broad SMARTS) is 1. The number of carbonyl (C=O) groups is 3. The van der Waals surface area contributed by atoms with E-state index < -0.39 is 35.3 Å². The van der Waals surface area contributed by atoms with Crippen molar-refractivity contribution < 1.29 is 24.2 Å². The minimum Gasteiger partial charge on any atom is -0.492 e. The molecule has 7 heteroatoms. The average Bonchev–Trinajstić information content (AvgIpc) is 3.58. The van der Waals surface area contributed by atoms with Gasteiger partial charge < -0.3 is 9.84 Å². The van der Waals surface area contributed by atoms with Crippen LogP contribution in [0.25, 0.3) is 22.9 Å². The van der Waals surface area contributed by atoms with Crippen LogP contribution in [0.1, 0.15) is 28.3 Å². The van der Waals surface area contributed by atoms with E-state index in [-0.39, 0.29) is 25.5 Å². The molecule has 0 aromatic heterocycles. The third kappa shape index (κ3) is 5.82. The van der Waals surface area contributed by atoms with Gasteiger partial charge in [0.25, 0.3) is 0 Å². The van der Waals surface area contributed by atoms with Gasteiger partial charge in [-0.2, -0.15) is 0 Å². The highest BCUT2D eigenvalue weighted by Gasteiger charge is 2.68. The van der Waals surface area contributed by atoms with Gasteiger partial charge in [0, 0.05) is 12.5 Å². The maximum absolute atomic E-state index is 14.2. The minimum atomic E-state index is -1.70. The molecule has 2 saturated heterocycles. The Bertz CT molecular complexity index is 1960. The molecule has 7 nitrogen and oxygen atoms in total. The van der Waals surface area contributed by atoms with Gasteiger partial charge in [-0.15, -0.1) is 0 Å². The number of carboxylic acids is 1. The van der Waals surface area contributed by atoms with Crippen LogP contribution < -0.4 is 10.1 Å². The van der Waals surface area contributed by atoms with Crippen LogP contribution in [-0.4, -0.2) is 46.5 Å². The van der Waals surface area contributed by atoms with Crippen molar-refractivity contribution in [3.8, 4) is 5.75 Å². The topological polar surface area (TPSA) is 95.9 Å². The number of nitrogens with zero attached hydrogens (tertiary/aromatic N) is 1. The highest BCUT2D eigenvalue weighted by Crippen LogP contribution is 2.50. The van der Waals surface area contributed by atoms with Gasteiger partial charge in [-0.05, 0) is 45.2 Å². The number of ether oxygens (including phenoxy) is 1. The van der Waals surface area contributed by atoms with Crippen LogP contribution in [-0.2, 0) is 20.8 Å². The first-order chi connectivity index (χ1) is 22.9. The number of aliphatic carboxylic acids is 1. The molecule has 2 aliphatic rings. The van der Waals surface area contributed by atoms with Crippen molar-refractivity contribution in [2.45, 2.75) is 18.0 Å². The normalized spacial score (nSPS) is 22.2. The number of hydrogen-bond donors (Lipinski definition) is 2. The summed E-state index contributed by atoms with van der Waals surface area (Å²) in [5.74, 6) is -3.39. The van der Waals surface area contributed by atoms with Crippen LogP contribution in [0, 0.1) is 11.8 Å². The highest BCUT2D eigenvalue weighted by molar-refractivity contribution is 6.09. The van der Waals surface area contributed by atoms with Gasteiger partial charge in [-0.3, -0.25) is 24.6 Å². The lowest BCUT2D eigenvalue weighted by molar-refractivity contribution is -0.151. The van der Waals surface area contributed by atoms with E-state index in [9.17, 15) is 19.5 Å². The maximum atomic E-state index is 14.2. The summed E-state index contributed by atoms with van der Waals surface area (Å²) in [6.45, 7) is 0.132. The van der Waals surface area contributed by atoms with E-state index in [1.165, 1.54) is 4.90 Å². The number of imide groups is 1. The van der Waals surface area contributed by atoms with Crippen molar-refractivity contribution >= 4 is 40.7 Å². The van der Waals surface area contributed by atoms with E-state index in [4.69, 9.17) is 4.74 Å². The van der Waals surface area contributed by atoms with Crippen molar-refractivity contribution in [1.29, 1.82) is 0 Å². The zero-order valence-electron chi connectivity index (χ0n) is 25.7. The minimum absolute atomic E-state index is 0.0289. The van der Waals surface area contributed by atoms with Crippen molar-refractivity contribution in [3.63, 3.8) is 0 Å². The molecule has 47 heavy (non-hydrogen) atoms. The van der Waals surface area contributed by atoms with Gasteiger partial charge in [0.1, 0.15) is 17.9 Å². The standard InChI is InChI=1S/C40H34N2O5/c43-37-34-35(38(44)42(37)23-24-47-33-13-5-2-6-14-33)40(39(45)46,26-29-19-20-30-11-7-8-12-32(30)25-29)41-36(34)31-21-17-28(18-22-31)16-15-27-9-3-1-4-10-27/h1-22,25,34-36,41H,23-24,26H2,(H,45,46). The second-order valence-corrected chi connectivity index (χ2v) is 12.2. The van der Waals surface area contributed by atoms with E-state index in [1.54, 1.807) is 12.1 Å². The molecule has 0 spiro atoms. The summed E-state index contributed by atoms with van der Waals surface area (Å²) in [5, 5.41) is 16.3. The van der Waals surface area contributed by atoms with Crippen molar-refractivity contribution in [2.75, 3.05) is 13.2 Å². The first-order valence-corrected chi connectivity index (χ1v) is 15.8. The molecule has 0 bridgehead atoms. The summed E-state index contributed by atoms with van der Waals surface area (Å²) in [4.78, 5) is 42.8. The van der Waals surface area contributed by atoms with Gasteiger partial charge >= 0.3 is 5.97 Å². The SMILES string of the molecule is O=C1C2C(c3ccc(C=Cc4ccccc4)cc3)NC(Cc3ccc4ccccc4c3)(C(=O)O)C2C(=O)N1CCOc1ccccc1. The van der Waals surface area contributed by atoms with E-state index in [1.807, 2.05) is 127 Å². The second-order valence-electron chi connectivity index (χ2n) is 12.2. The Hall–Kier alpha value is -5.53. The molecule has 5 aromatic rings. The number of carbonyl (C=O) groups excluding carboxylic acids is 2. The highest BCUT2D eigenvalue weighted by atomic mass is 16.5. The number of fused-ring (bicyclic) bond motifs is 2. The number of benzene rings is 5. The molecule has 5 aromatic carbocycles. The Morgan fingerprint density at radius 2 is 1.40 bits per heavy atom. The molecular weight excluding hydrogens is 588 g/mol. The van der Waals surface area contributed by atoms with Crippen LogP contribution in [0.4, 0.5) is 0 Å². The van der Waals surface area contributed by atoms with Crippen molar-refractivity contribution in [3.05, 3.63) is 150 Å². The fourth-order valence-electron chi connectivity index (χ4n) is 7.02. The van der Waals surface area contributed by atoms with E-state index in [0.717, 1.165) is 33.0 Å². The molecule has 2 aliphatic heterocycles. The molecule has 4 unspecified atom stereocenters. The maximum Gasteiger partial charge on any atom is 0.325 e. The lowest BCUT2D eigenvalue weighted by atomic mass is 9.76. The molecule has 2 N–H and O–H groups in total. The smallest absolute Gasteiger partial charge is 0.325 e. The fourth-order valence-corrected chi connectivity index (χ4v) is 7.02. The predicted octanol–water partition coefficient (Wildman–Crippen LogP) is 6.40. The van der Waals surface area contributed by atoms with Gasteiger partial charge in [0.15, 0.2) is 0 Å². The number of hydrogen-bond acceptors (Lipinski definition) is 5. The number of para-hydroxylation sites is 1. The third-order valence-corrected chi connectivity index (χ3v) is 9.31. The Labute approximate surface area is 273 Å². The Balaban J connectivity index is 1.22. The molecule has 7 rings (SSSR count). The first kappa shape index (κ1) is 30.1. The molecule has 2 fully saturated rings. The molecule has 0 saturated carbocycles. The Morgan fingerprint density at radius 3 is 2.11 bits per heavy atom. The summed E-state index contributed by atoms with van der Waals surface area (Å²) >= 11 is 0. The lowest BCUT2D eigenvalue weighted by Gasteiger charge is -2.31. The summed E-state index contributed by atoms with van der Waals surface area (Å²) in [5.41, 5.74) is 1.85. The summed E-state index contributed by atoms with van der Waals surface area (Å²) in [6.07, 6.45) is 4.06. The Morgan fingerprint density at radius 1 is 0.766 bits per heavy atom. The first-order valence-electron chi connectivity index (χ1n) is 15.8. The molecule has 0 aliphatic carbocycles. The largest absolute Gasteiger partial charge is 0.492 e. The lowest BCUT2D eigenvalue weighted by Crippen LogP contribution is -2.57. The van der Waals surface area contributed by atoms with Crippen LogP contribution in [0.15, 0.2) is 127 Å². The van der Waals surface area contributed by atoms with Gasteiger partial charge in [-0.1, -0.05) is 127 Å². The summed E-state index contributed by atoms with van der Waals surface area (Å²) < 4.78 is 5.82. The molecule has 0 radical (unpaired) electrons. The van der Waals surface area contributed by atoms with E-state index in [0.29, 0.717) is 5.75 Å². The number of likely N-dealkylation sites (tertiary alicyclic amines) is 1. The van der Waals surface area contributed by atoms with Crippen LogP contribution >= 0.6 is 0 Å². The van der Waals surface area contributed by atoms with Gasteiger partial charge in [-0.25, -0.2) is 0 Å². The molecule has 234 valence electrons.